The standard InChI is InChI=1S/C10H10Cl2N2OS/c11-10(12)4-6(10)5-14-8(15)7-2-1-3-13-9(7)16/h1-3,6H,4-5H2,(H,13,16)(H,14,15). The average molecular weight is 277 g/mol. The van der Waals surface area contributed by atoms with Crippen molar-refractivity contribution >= 4 is 41.3 Å². The Morgan fingerprint density at radius 2 is 2.38 bits per heavy atom. The third-order valence-electron chi connectivity index (χ3n) is 2.53. The Morgan fingerprint density at radius 1 is 1.69 bits per heavy atom. The van der Waals surface area contributed by atoms with E-state index >= 15 is 0 Å². The summed E-state index contributed by atoms with van der Waals surface area (Å²) in [5.41, 5.74) is 0.466. The molecule has 0 spiro atoms. The number of hydrogen-bond donors (Lipinski definition) is 2. The third-order valence-corrected chi connectivity index (χ3v) is 3.79. The first kappa shape index (κ1) is 11.9. The molecule has 1 amide bonds. The summed E-state index contributed by atoms with van der Waals surface area (Å²) in [6.45, 7) is 0.482. The van der Waals surface area contributed by atoms with Crippen LogP contribution in [0.1, 0.15) is 16.8 Å². The van der Waals surface area contributed by atoms with Crippen LogP contribution >= 0.6 is 35.4 Å². The van der Waals surface area contributed by atoms with Gasteiger partial charge in [0.15, 0.2) is 0 Å². The number of nitrogens with one attached hydrogen (secondary N) is 2. The minimum atomic E-state index is -0.660. The second-order valence-corrected chi connectivity index (χ2v) is 5.74. The summed E-state index contributed by atoms with van der Waals surface area (Å²) < 4.78 is -0.230. The number of carbonyl (C=O) groups excluding carboxylic acids is 1. The lowest BCUT2D eigenvalue weighted by molar-refractivity contribution is 0.0951. The second kappa shape index (κ2) is 4.35. The maximum atomic E-state index is 11.7. The van der Waals surface area contributed by atoms with E-state index in [4.69, 9.17) is 35.4 Å². The van der Waals surface area contributed by atoms with E-state index in [-0.39, 0.29) is 11.8 Å². The molecule has 0 saturated heterocycles. The van der Waals surface area contributed by atoms with Crippen LogP contribution in [-0.2, 0) is 0 Å². The maximum Gasteiger partial charge on any atom is 0.254 e. The molecule has 16 heavy (non-hydrogen) atoms. The van der Waals surface area contributed by atoms with Crippen LogP contribution in [0.2, 0.25) is 0 Å². The van der Waals surface area contributed by atoms with Crippen molar-refractivity contribution in [1.82, 2.24) is 10.3 Å². The summed E-state index contributed by atoms with van der Waals surface area (Å²) in [5, 5.41) is 2.76. The van der Waals surface area contributed by atoms with Gasteiger partial charge in [0.1, 0.15) is 8.97 Å². The Labute approximate surface area is 108 Å². The molecular formula is C10H10Cl2N2OS. The molecular weight excluding hydrogens is 267 g/mol. The first-order valence-corrected chi connectivity index (χ1v) is 6.01. The van der Waals surface area contributed by atoms with Gasteiger partial charge >= 0.3 is 0 Å². The number of carbonyl (C=O) groups is 1. The van der Waals surface area contributed by atoms with Crippen LogP contribution < -0.4 is 5.32 Å². The fourth-order valence-corrected chi connectivity index (χ4v) is 2.16. The molecule has 86 valence electrons. The fourth-order valence-electron chi connectivity index (χ4n) is 1.40. The number of alkyl halides is 2. The quantitative estimate of drug-likeness (QED) is 0.659. The lowest BCUT2D eigenvalue weighted by Gasteiger charge is -2.04. The summed E-state index contributed by atoms with van der Waals surface area (Å²) >= 11 is 16.7. The highest BCUT2D eigenvalue weighted by atomic mass is 35.5. The zero-order valence-electron chi connectivity index (χ0n) is 8.30. The number of halogens is 2. The first-order valence-electron chi connectivity index (χ1n) is 4.84. The molecule has 1 fully saturated rings. The summed E-state index contributed by atoms with van der Waals surface area (Å²) in [6.07, 6.45) is 2.40. The van der Waals surface area contributed by atoms with E-state index in [9.17, 15) is 4.79 Å². The number of H-pyrrole nitrogens is 1. The molecule has 6 heteroatoms. The largest absolute Gasteiger partial charge is 0.352 e. The number of hydrogen-bond acceptors (Lipinski definition) is 2. The molecule has 3 nitrogen and oxygen atoms in total. The van der Waals surface area contributed by atoms with Crippen molar-refractivity contribution in [3.8, 4) is 0 Å². The van der Waals surface area contributed by atoms with E-state index in [0.717, 1.165) is 6.42 Å². The van der Waals surface area contributed by atoms with Crippen molar-refractivity contribution < 1.29 is 4.79 Å². The molecule has 2 rings (SSSR count). The minimum Gasteiger partial charge on any atom is -0.352 e. The smallest absolute Gasteiger partial charge is 0.254 e. The van der Waals surface area contributed by atoms with Crippen LogP contribution in [0.15, 0.2) is 18.3 Å². The van der Waals surface area contributed by atoms with E-state index < -0.39 is 4.33 Å². The Balaban J connectivity index is 1.95. The molecule has 1 saturated carbocycles. The molecule has 0 bridgehead atoms. The number of rotatable bonds is 3. The predicted octanol–water partition coefficient (Wildman–Crippen LogP) is 2.67. The van der Waals surface area contributed by atoms with Crippen LogP contribution in [0.3, 0.4) is 0 Å². The van der Waals surface area contributed by atoms with Gasteiger partial charge in [-0.05, 0) is 18.6 Å². The van der Waals surface area contributed by atoms with Crippen molar-refractivity contribution in [3.63, 3.8) is 0 Å². The van der Waals surface area contributed by atoms with Crippen LogP contribution in [0.25, 0.3) is 0 Å². The number of amides is 1. The average Bonchev–Trinajstić information content (AvgIpc) is 2.84. The van der Waals surface area contributed by atoms with Crippen LogP contribution in [0.4, 0.5) is 0 Å². The highest BCUT2D eigenvalue weighted by Gasteiger charge is 2.51. The molecule has 0 aliphatic heterocycles. The van der Waals surface area contributed by atoms with Gasteiger partial charge in [-0.25, -0.2) is 0 Å². The minimum absolute atomic E-state index is 0.140. The van der Waals surface area contributed by atoms with E-state index in [0.29, 0.717) is 16.7 Å². The maximum absolute atomic E-state index is 11.7. The summed E-state index contributed by atoms with van der Waals surface area (Å²) in [6, 6.07) is 3.41. The lowest BCUT2D eigenvalue weighted by atomic mass is 10.2. The Bertz CT molecular complexity index is 472. The number of aromatic amines is 1. The molecule has 0 aromatic carbocycles. The van der Waals surface area contributed by atoms with E-state index in [1.165, 1.54) is 0 Å². The molecule has 1 heterocycles. The van der Waals surface area contributed by atoms with Gasteiger partial charge < -0.3 is 10.3 Å². The van der Waals surface area contributed by atoms with Gasteiger partial charge in [0.2, 0.25) is 0 Å². The van der Waals surface area contributed by atoms with Crippen LogP contribution in [0, 0.1) is 10.6 Å². The molecule has 2 N–H and O–H groups in total. The molecule has 1 aromatic heterocycles. The topological polar surface area (TPSA) is 44.9 Å². The second-order valence-electron chi connectivity index (χ2n) is 3.79. The van der Waals surface area contributed by atoms with Gasteiger partial charge in [0.05, 0.1) is 5.56 Å². The monoisotopic (exact) mass is 276 g/mol. The summed E-state index contributed by atoms with van der Waals surface area (Å²) in [7, 11) is 0. The van der Waals surface area contributed by atoms with Gasteiger partial charge in [-0.15, -0.1) is 23.2 Å². The van der Waals surface area contributed by atoms with E-state index in [2.05, 4.69) is 10.3 Å². The molecule has 1 atom stereocenters. The van der Waals surface area contributed by atoms with E-state index in [1.807, 2.05) is 0 Å². The van der Waals surface area contributed by atoms with Crippen molar-refractivity contribution in [1.29, 1.82) is 0 Å². The predicted molar refractivity (Wildman–Crippen MR) is 66.5 cm³/mol. The van der Waals surface area contributed by atoms with Gasteiger partial charge in [0, 0.05) is 18.7 Å². The van der Waals surface area contributed by atoms with Gasteiger partial charge in [-0.1, -0.05) is 12.2 Å². The highest BCUT2D eigenvalue weighted by molar-refractivity contribution is 7.71. The van der Waals surface area contributed by atoms with Crippen molar-refractivity contribution in [2.45, 2.75) is 10.8 Å². The van der Waals surface area contributed by atoms with Crippen LogP contribution in [0.5, 0.6) is 0 Å². The summed E-state index contributed by atoms with van der Waals surface area (Å²) in [4.78, 5) is 14.5. The van der Waals surface area contributed by atoms with Gasteiger partial charge in [-0.3, -0.25) is 4.79 Å². The SMILES string of the molecule is O=C(NCC1CC1(Cl)Cl)c1ccc[nH]c1=S. The Hall–Kier alpha value is -0.580. The Morgan fingerprint density at radius 3 is 2.94 bits per heavy atom. The lowest BCUT2D eigenvalue weighted by Crippen LogP contribution is -2.27. The summed E-state index contributed by atoms with van der Waals surface area (Å²) in [5.74, 6) is -0.0565. The molecule has 1 aliphatic rings. The molecule has 1 aliphatic carbocycles. The van der Waals surface area contributed by atoms with E-state index in [1.54, 1.807) is 18.3 Å². The van der Waals surface area contributed by atoms with Gasteiger partial charge in [-0.2, -0.15) is 0 Å². The van der Waals surface area contributed by atoms with Crippen LogP contribution in [-0.4, -0.2) is 21.8 Å². The van der Waals surface area contributed by atoms with Gasteiger partial charge in [0.25, 0.3) is 5.91 Å². The van der Waals surface area contributed by atoms with Crippen molar-refractivity contribution in [2.24, 2.45) is 5.92 Å². The zero-order chi connectivity index (χ0) is 11.8. The Kier molecular flexibility index (Phi) is 3.24. The zero-order valence-corrected chi connectivity index (χ0v) is 10.6. The molecule has 0 radical (unpaired) electrons. The third kappa shape index (κ3) is 2.56. The normalized spacial score (nSPS) is 21.5. The molecule has 1 aromatic rings. The van der Waals surface area contributed by atoms with Crippen molar-refractivity contribution in [2.75, 3.05) is 6.54 Å². The first-order chi connectivity index (χ1) is 7.50. The number of pyridine rings is 1. The highest BCUT2D eigenvalue weighted by Crippen LogP contribution is 2.52. The molecule has 1 unspecified atom stereocenters. The van der Waals surface area contributed by atoms with Crippen molar-refractivity contribution in [3.05, 3.63) is 28.5 Å². The fraction of sp³-hybridized carbons (Fsp3) is 0.400. The number of aromatic nitrogens is 1.